The van der Waals surface area contributed by atoms with Gasteiger partial charge >= 0.3 is 0 Å². The van der Waals surface area contributed by atoms with Gasteiger partial charge in [0, 0.05) is 36.0 Å². The highest BCUT2D eigenvalue weighted by atomic mass is 16.5. The lowest BCUT2D eigenvalue weighted by atomic mass is 9.59. The third kappa shape index (κ3) is 6.91. The van der Waals surface area contributed by atoms with E-state index in [9.17, 15) is 4.79 Å². The van der Waals surface area contributed by atoms with E-state index >= 15 is 0 Å². The van der Waals surface area contributed by atoms with Crippen LogP contribution in [0.4, 0.5) is 0 Å². The molecule has 37 heavy (non-hydrogen) atoms. The van der Waals surface area contributed by atoms with Crippen molar-refractivity contribution in [2.75, 3.05) is 26.4 Å². The summed E-state index contributed by atoms with van der Waals surface area (Å²) in [6, 6.07) is 0. The average molecular weight is 512 g/mol. The molecule has 3 heterocycles. The minimum Gasteiger partial charge on any atom is -0.381 e. The van der Waals surface area contributed by atoms with E-state index in [1.807, 2.05) is 0 Å². The van der Waals surface area contributed by atoms with Crippen LogP contribution in [-0.2, 0) is 20.6 Å². The Balaban J connectivity index is 0.000000586. The molecule has 5 heteroatoms. The molecule has 0 aromatic carbocycles. The summed E-state index contributed by atoms with van der Waals surface area (Å²) in [5.74, 6) is 0.293. The fourth-order valence-corrected chi connectivity index (χ4v) is 6.14. The largest absolute Gasteiger partial charge is 0.381 e. The molecule has 1 spiro atoms. The smallest absolute Gasteiger partial charge is 0.152 e. The van der Waals surface area contributed by atoms with E-state index in [4.69, 9.17) is 19.2 Å². The predicted molar refractivity (Wildman–Crippen MR) is 149 cm³/mol. The summed E-state index contributed by atoms with van der Waals surface area (Å²) < 4.78 is 17.9. The van der Waals surface area contributed by atoms with Crippen LogP contribution in [0.2, 0.25) is 0 Å². The van der Waals surface area contributed by atoms with Crippen molar-refractivity contribution in [3.63, 3.8) is 0 Å². The standard InChI is InChI=1S/C27H37NO4.C5H12/c1-3-18(2)32-23-16-27(9-4-10-27)15-22-25(23)24(19-5-11-30-12-6-19)21(17-29)26(28-22)20-7-13-31-14-8-20;1-5(2,3)4/h5,17-18,20,23H,3-4,6-16H2,1-2H3;1-4H3/t18?,23-;/m0./s1. The van der Waals surface area contributed by atoms with E-state index in [0.29, 0.717) is 30.0 Å². The quantitative estimate of drug-likeness (QED) is 0.368. The molecule has 5 nitrogen and oxygen atoms in total. The maximum atomic E-state index is 12.6. The second kappa shape index (κ2) is 12.1. The van der Waals surface area contributed by atoms with Crippen LogP contribution >= 0.6 is 0 Å². The Hall–Kier alpha value is -1.56. The summed E-state index contributed by atoms with van der Waals surface area (Å²) >= 11 is 0. The van der Waals surface area contributed by atoms with E-state index in [2.05, 4.69) is 47.6 Å². The van der Waals surface area contributed by atoms with Crippen LogP contribution in [-0.4, -0.2) is 43.8 Å². The lowest BCUT2D eigenvalue weighted by Gasteiger charge is -2.49. The summed E-state index contributed by atoms with van der Waals surface area (Å²) in [5, 5.41) is 0. The Kier molecular flexibility index (Phi) is 9.30. The first kappa shape index (κ1) is 28.4. The molecule has 2 aliphatic heterocycles. The van der Waals surface area contributed by atoms with Crippen LogP contribution in [0, 0.1) is 10.8 Å². The van der Waals surface area contributed by atoms with Crippen LogP contribution < -0.4 is 0 Å². The van der Waals surface area contributed by atoms with Crippen molar-refractivity contribution in [1.29, 1.82) is 0 Å². The second-order valence-electron chi connectivity index (χ2n) is 13.3. The summed E-state index contributed by atoms with van der Waals surface area (Å²) in [6.45, 7) is 15.9. The first-order chi connectivity index (χ1) is 17.6. The molecule has 0 bridgehead atoms. The third-order valence-electron chi connectivity index (χ3n) is 8.26. The van der Waals surface area contributed by atoms with Crippen molar-refractivity contribution in [2.24, 2.45) is 10.8 Å². The van der Waals surface area contributed by atoms with Gasteiger partial charge in [0.05, 0.1) is 31.1 Å². The van der Waals surface area contributed by atoms with E-state index < -0.39 is 0 Å². The van der Waals surface area contributed by atoms with Crippen molar-refractivity contribution in [3.8, 4) is 0 Å². The summed E-state index contributed by atoms with van der Waals surface area (Å²) in [5.41, 5.74) is 7.39. The van der Waals surface area contributed by atoms with Crippen molar-refractivity contribution in [3.05, 3.63) is 34.2 Å². The summed E-state index contributed by atoms with van der Waals surface area (Å²) in [4.78, 5) is 17.9. The number of nitrogens with zero attached hydrogens (tertiary/aromatic N) is 1. The summed E-state index contributed by atoms with van der Waals surface area (Å²) in [6.07, 6.45) is 13.1. The van der Waals surface area contributed by atoms with Crippen LogP contribution in [0.1, 0.15) is 138 Å². The number of fused-ring (bicyclic) bond motifs is 1. The Bertz CT molecular complexity index is 960. The zero-order valence-corrected chi connectivity index (χ0v) is 24.2. The fourth-order valence-electron chi connectivity index (χ4n) is 6.14. The van der Waals surface area contributed by atoms with Crippen molar-refractivity contribution < 1.29 is 19.0 Å². The van der Waals surface area contributed by atoms with Gasteiger partial charge in [0.25, 0.3) is 0 Å². The SMILES string of the molecule is CC(C)(C)C.CCC(C)O[C@H]1CC2(CCC2)Cc2nc(C3CCOCC3)c(C=O)c(C3=CCOCC3)c21. The zero-order chi connectivity index (χ0) is 26.6. The summed E-state index contributed by atoms with van der Waals surface area (Å²) in [7, 11) is 0. The van der Waals surface area contributed by atoms with Gasteiger partial charge in [-0.2, -0.15) is 0 Å². The Morgan fingerprint density at radius 2 is 1.86 bits per heavy atom. The van der Waals surface area contributed by atoms with Crippen LogP contribution in [0.3, 0.4) is 0 Å². The highest BCUT2D eigenvalue weighted by Crippen LogP contribution is 2.56. The molecule has 0 radical (unpaired) electrons. The lowest BCUT2D eigenvalue weighted by Crippen LogP contribution is -2.40. The predicted octanol–water partition coefficient (Wildman–Crippen LogP) is 7.62. The van der Waals surface area contributed by atoms with Gasteiger partial charge in [0.2, 0.25) is 0 Å². The van der Waals surface area contributed by atoms with Gasteiger partial charge in [-0.15, -0.1) is 0 Å². The minimum atomic E-state index is 0.0164. The number of aldehydes is 1. The van der Waals surface area contributed by atoms with Gasteiger partial charge < -0.3 is 14.2 Å². The molecule has 2 fully saturated rings. The monoisotopic (exact) mass is 511 g/mol. The Morgan fingerprint density at radius 3 is 2.41 bits per heavy atom. The molecule has 2 aliphatic carbocycles. The number of carbonyl (C=O) groups excluding carboxylic acids is 1. The van der Waals surface area contributed by atoms with Gasteiger partial charge in [-0.3, -0.25) is 9.78 Å². The number of aromatic nitrogens is 1. The molecule has 5 rings (SSSR count). The highest BCUT2D eigenvalue weighted by Gasteiger charge is 2.46. The molecule has 1 aromatic rings. The molecule has 1 aromatic heterocycles. The number of ether oxygens (including phenoxy) is 3. The zero-order valence-electron chi connectivity index (χ0n) is 24.2. The number of rotatable bonds is 6. The Morgan fingerprint density at radius 1 is 1.16 bits per heavy atom. The number of hydrogen-bond donors (Lipinski definition) is 0. The van der Waals surface area contributed by atoms with Crippen molar-refractivity contribution >= 4 is 11.9 Å². The van der Waals surface area contributed by atoms with Crippen LogP contribution in [0.5, 0.6) is 0 Å². The van der Waals surface area contributed by atoms with Crippen LogP contribution in [0.25, 0.3) is 5.57 Å². The number of carbonyl (C=O) groups is 1. The highest BCUT2D eigenvalue weighted by molar-refractivity contribution is 5.89. The maximum absolute atomic E-state index is 12.6. The molecular formula is C32H49NO4. The van der Waals surface area contributed by atoms with E-state index in [0.717, 1.165) is 74.8 Å². The molecule has 206 valence electrons. The molecule has 0 amide bonds. The normalized spacial score (nSPS) is 24.3. The second-order valence-corrected chi connectivity index (χ2v) is 13.3. The average Bonchev–Trinajstić information content (AvgIpc) is 2.86. The van der Waals surface area contributed by atoms with Crippen LogP contribution in [0.15, 0.2) is 6.08 Å². The third-order valence-corrected chi connectivity index (χ3v) is 8.26. The molecule has 1 saturated heterocycles. The fraction of sp³-hybridized carbons (Fsp3) is 0.750. The molecule has 0 N–H and O–H groups in total. The van der Waals surface area contributed by atoms with Gasteiger partial charge in [-0.1, -0.05) is 47.1 Å². The number of pyridine rings is 1. The van der Waals surface area contributed by atoms with E-state index in [-0.39, 0.29) is 12.2 Å². The maximum Gasteiger partial charge on any atom is 0.152 e. The first-order valence-electron chi connectivity index (χ1n) is 14.7. The molecule has 2 atom stereocenters. The molecular weight excluding hydrogens is 462 g/mol. The van der Waals surface area contributed by atoms with Gasteiger partial charge in [0.15, 0.2) is 6.29 Å². The topological polar surface area (TPSA) is 57.7 Å². The minimum absolute atomic E-state index is 0.0164. The van der Waals surface area contributed by atoms with Crippen molar-refractivity contribution in [1.82, 2.24) is 4.98 Å². The molecule has 1 unspecified atom stereocenters. The molecule has 1 saturated carbocycles. The van der Waals surface area contributed by atoms with Gasteiger partial charge in [0.1, 0.15) is 0 Å². The first-order valence-corrected chi connectivity index (χ1v) is 14.7. The van der Waals surface area contributed by atoms with E-state index in [1.165, 1.54) is 36.1 Å². The van der Waals surface area contributed by atoms with Gasteiger partial charge in [-0.25, -0.2) is 0 Å². The van der Waals surface area contributed by atoms with Crippen molar-refractivity contribution in [2.45, 2.75) is 117 Å². The number of hydrogen-bond acceptors (Lipinski definition) is 5. The van der Waals surface area contributed by atoms with E-state index in [1.54, 1.807) is 0 Å². The molecule has 4 aliphatic rings. The van der Waals surface area contributed by atoms with Gasteiger partial charge in [-0.05, 0) is 80.3 Å². The Labute approximate surface area is 224 Å². The lowest BCUT2D eigenvalue weighted by molar-refractivity contribution is -0.0588.